The summed E-state index contributed by atoms with van der Waals surface area (Å²) in [5.74, 6) is -0.606. The normalized spacial score (nSPS) is 15.8. The van der Waals surface area contributed by atoms with Gasteiger partial charge in [-0.1, -0.05) is 25.4 Å². The standard InChI is InChI=1S/C20H28ClN3O4/c1-4-28-20(27)24-11-9-16(10-12-24)22-19(26)17(13(2)3)23-18(25)14-5-7-15(21)8-6-14/h5-8,13,16-17H,4,9-12H2,1-3H3,(H,22,26)(H,23,25)/t17-/m1/s1. The number of carbonyl (C=O) groups excluding carboxylic acids is 3. The maximum absolute atomic E-state index is 12.7. The van der Waals surface area contributed by atoms with Crippen LogP contribution in [0.15, 0.2) is 24.3 Å². The van der Waals surface area contributed by atoms with Gasteiger partial charge in [0.15, 0.2) is 0 Å². The minimum Gasteiger partial charge on any atom is -0.450 e. The smallest absolute Gasteiger partial charge is 0.409 e. The molecule has 0 aliphatic carbocycles. The van der Waals surface area contributed by atoms with Crippen LogP contribution in [0.1, 0.15) is 44.0 Å². The number of carbonyl (C=O) groups is 3. The van der Waals surface area contributed by atoms with Crippen molar-refractivity contribution in [2.75, 3.05) is 19.7 Å². The molecule has 0 spiro atoms. The number of benzene rings is 1. The Kier molecular flexibility index (Phi) is 8.11. The summed E-state index contributed by atoms with van der Waals surface area (Å²) in [5.41, 5.74) is 0.450. The molecule has 0 unspecified atom stereocenters. The van der Waals surface area contributed by atoms with Crippen molar-refractivity contribution >= 4 is 29.5 Å². The molecule has 1 heterocycles. The second kappa shape index (κ2) is 10.3. The topological polar surface area (TPSA) is 87.7 Å². The number of ether oxygens (including phenoxy) is 1. The third kappa shape index (κ3) is 6.12. The van der Waals surface area contributed by atoms with Crippen LogP contribution in [0.2, 0.25) is 5.02 Å². The van der Waals surface area contributed by atoms with Crippen LogP contribution < -0.4 is 10.6 Å². The Morgan fingerprint density at radius 1 is 1.18 bits per heavy atom. The van der Waals surface area contributed by atoms with Gasteiger partial charge in [-0.25, -0.2) is 4.79 Å². The average molecular weight is 410 g/mol. The van der Waals surface area contributed by atoms with E-state index in [4.69, 9.17) is 16.3 Å². The van der Waals surface area contributed by atoms with E-state index in [-0.39, 0.29) is 29.9 Å². The molecule has 154 valence electrons. The molecule has 1 saturated heterocycles. The molecule has 1 aliphatic heterocycles. The van der Waals surface area contributed by atoms with Crippen molar-refractivity contribution in [3.63, 3.8) is 0 Å². The largest absolute Gasteiger partial charge is 0.450 e. The molecular weight excluding hydrogens is 382 g/mol. The highest BCUT2D eigenvalue weighted by molar-refractivity contribution is 6.30. The van der Waals surface area contributed by atoms with Gasteiger partial charge in [-0.05, 0) is 49.9 Å². The number of nitrogens with one attached hydrogen (secondary N) is 2. The van der Waals surface area contributed by atoms with Crippen molar-refractivity contribution in [1.82, 2.24) is 15.5 Å². The lowest BCUT2D eigenvalue weighted by molar-refractivity contribution is -0.124. The quantitative estimate of drug-likeness (QED) is 0.756. The lowest BCUT2D eigenvalue weighted by atomic mass is 10.00. The van der Waals surface area contributed by atoms with Crippen LogP contribution >= 0.6 is 11.6 Å². The fraction of sp³-hybridized carbons (Fsp3) is 0.550. The third-order valence-electron chi connectivity index (χ3n) is 4.71. The van der Waals surface area contributed by atoms with Gasteiger partial charge in [-0.2, -0.15) is 0 Å². The summed E-state index contributed by atoms with van der Waals surface area (Å²) in [7, 11) is 0. The molecule has 1 aromatic carbocycles. The van der Waals surface area contributed by atoms with Crippen LogP contribution in [0.5, 0.6) is 0 Å². The Labute approximate surface area is 170 Å². The maximum Gasteiger partial charge on any atom is 0.409 e. The number of rotatable bonds is 6. The molecule has 2 rings (SSSR count). The molecular formula is C20H28ClN3O4. The van der Waals surface area contributed by atoms with Crippen molar-refractivity contribution < 1.29 is 19.1 Å². The predicted octanol–water partition coefficient (Wildman–Crippen LogP) is 2.83. The van der Waals surface area contributed by atoms with E-state index in [9.17, 15) is 14.4 Å². The Bertz CT molecular complexity index is 685. The zero-order valence-electron chi connectivity index (χ0n) is 16.5. The van der Waals surface area contributed by atoms with Gasteiger partial charge in [-0.15, -0.1) is 0 Å². The molecule has 7 nitrogen and oxygen atoms in total. The fourth-order valence-electron chi connectivity index (χ4n) is 3.07. The average Bonchev–Trinajstić information content (AvgIpc) is 2.66. The summed E-state index contributed by atoms with van der Waals surface area (Å²) in [4.78, 5) is 38.6. The van der Waals surface area contributed by atoms with Crippen LogP contribution in [0.25, 0.3) is 0 Å². The van der Waals surface area contributed by atoms with E-state index in [0.29, 0.717) is 43.1 Å². The molecule has 1 atom stereocenters. The van der Waals surface area contributed by atoms with Crippen molar-refractivity contribution in [3.8, 4) is 0 Å². The summed E-state index contributed by atoms with van der Waals surface area (Å²) >= 11 is 5.85. The van der Waals surface area contributed by atoms with Gasteiger partial charge in [0.1, 0.15) is 6.04 Å². The number of halogens is 1. The number of amides is 3. The zero-order valence-corrected chi connectivity index (χ0v) is 17.3. The molecule has 8 heteroatoms. The highest BCUT2D eigenvalue weighted by Gasteiger charge is 2.29. The van der Waals surface area contributed by atoms with E-state index in [1.165, 1.54) is 0 Å². The van der Waals surface area contributed by atoms with Crippen LogP contribution in [0.4, 0.5) is 4.79 Å². The monoisotopic (exact) mass is 409 g/mol. The number of nitrogens with zero attached hydrogens (tertiary/aromatic N) is 1. The van der Waals surface area contributed by atoms with Crippen LogP contribution in [0.3, 0.4) is 0 Å². The highest BCUT2D eigenvalue weighted by Crippen LogP contribution is 2.14. The number of piperidine rings is 1. The molecule has 1 aliphatic rings. The molecule has 0 radical (unpaired) electrons. The molecule has 1 aromatic rings. The van der Waals surface area contributed by atoms with E-state index in [1.54, 1.807) is 36.1 Å². The molecule has 0 bridgehead atoms. The van der Waals surface area contributed by atoms with E-state index >= 15 is 0 Å². The summed E-state index contributed by atoms with van der Waals surface area (Å²) in [6, 6.07) is 5.84. The summed E-state index contributed by atoms with van der Waals surface area (Å²) < 4.78 is 5.00. The minimum atomic E-state index is -0.647. The molecule has 2 N–H and O–H groups in total. The number of likely N-dealkylation sites (tertiary alicyclic amines) is 1. The first-order valence-corrected chi connectivity index (χ1v) is 9.98. The third-order valence-corrected chi connectivity index (χ3v) is 4.96. The van der Waals surface area contributed by atoms with Crippen molar-refractivity contribution in [2.24, 2.45) is 5.92 Å². The Balaban J connectivity index is 1.90. The predicted molar refractivity (Wildman–Crippen MR) is 107 cm³/mol. The highest BCUT2D eigenvalue weighted by atomic mass is 35.5. The van der Waals surface area contributed by atoms with E-state index in [0.717, 1.165) is 0 Å². The van der Waals surface area contributed by atoms with Crippen LogP contribution in [0, 0.1) is 5.92 Å². The van der Waals surface area contributed by atoms with Crippen LogP contribution in [-0.4, -0.2) is 54.6 Å². The molecule has 28 heavy (non-hydrogen) atoms. The first kappa shape index (κ1) is 22.0. The molecule has 0 aromatic heterocycles. The Morgan fingerprint density at radius 3 is 2.32 bits per heavy atom. The SMILES string of the molecule is CCOC(=O)N1CCC(NC(=O)[C@H](NC(=O)c2ccc(Cl)cc2)C(C)C)CC1. The summed E-state index contributed by atoms with van der Waals surface area (Å²) in [6.07, 6.45) is 0.989. The van der Waals surface area contributed by atoms with E-state index < -0.39 is 6.04 Å². The van der Waals surface area contributed by atoms with Crippen molar-refractivity contribution in [2.45, 2.75) is 45.7 Å². The summed E-state index contributed by atoms with van der Waals surface area (Å²) in [6.45, 7) is 6.96. The Morgan fingerprint density at radius 2 is 1.79 bits per heavy atom. The van der Waals surface area contributed by atoms with Gasteiger partial charge >= 0.3 is 6.09 Å². The van der Waals surface area contributed by atoms with Gasteiger partial charge in [0.2, 0.25) is 5.91 Å². The minimum absolute atomic E-state index is 0.0353. The van der Waals surface area contributed by atoms with Gasteiger partial charge in [-0.3, -0.25) is 9.59 Å². The van der Waals surface area contributed by atoms with Gasteiger partial charge in [0.25, 0.3) is 5.91 Å². The van der Waals surface area contributed by atoms with Gasteiger partial charge < -0.3 is 20.3 Å². The maximum atomic E-state index is 12.7. The number of hydrogen-bond donors (Lipinski definition) is 2. The lowest BCUT2D eigenvalue weighted by Gasteiger charge is -2.33. The second-order valence-electron chi connectivity index (χ2n) is 7.17. The molecule has 3 amide bonds. The zero-order chi connectivity index (χ0) is 20.7. The Hall–Kier alpha value is -2.28. The first-order chi connectivity index (χ1) is 13.3. The summed E-state index contributed by atoms with van der Waals surface area (Å²) in [5, 5.41) is 6.36. The number of hydrogen-bond acceptors (Lipinski definition) is 4. The van der Waals surface area contributed by atoms with Gasteiger partial charge in [0, 0.05) is 29.7 Å². The molecule has 0 saturated carbocycles. The van der Waals surface area contributed by atoms with Crippen molar-refractivity contribution in [3.05, 3.63) is 34.9 Å². The second-order valence-corrected chi connectivity index (χ2v) is 7.61. The van der Waals surface area contributed by atoms with Crippen LogP contribution in [-0.2, 0) is 9.53 Å². The van der Waals surface area contributed by atoms with Crippen molar-refractivity contribution in [1.29, 1.82) is 0 Å². The van der Waals surface area contributed by atoms with E-state index in [1.807, 2.05) is 13.8 Å². The first-order valence-electron chi connectivity index (χ1n) is 9.60. The fourth-order valence-corrected chi connectivity index (χ4v) is 3.20. The van der Waals surface area contributed by atoms with Gasteiger partial charge in [0.05, 0.1) is 6.61 Å². The molecule has 1 fully saturated rings. The van der Waals surface area contributed by atoms with E-state index in [2.05, 4.69) is 10.6 Å². The lowest BCUT2D eigenvalue weighted by Crippen LogP contribution is -2.54.